The average Bonchev–Trinajstić information content (AvgIpc) is 3.06. The van der Waals surface area contributed by atoms with Gasteiger partial charge in [0.25, 0.3) is 5.91 Å². The van der Waals surface area contributed by atoms with E-state index in [1.807, 2.05) is 19.1 Å². The van der Waals surface area contributed by atoms with Crippen molar-refractivity contribution in [2.75, 3.05) is 26.2 Å². The lowest BCUT2D eigenvalue weighted by molar-refractivity contribution is 0.0946. The molecule has 1 aromatic heterocycles. The van der Waals surface area contributed by atoms with Crippen LogP contribution in [0.5, 0.6) is 5.75 Å². The molecule has 3 rings (SSSR count). The normalized spacial score (nSPS) is 15.1. The summed E-state index contributed by atoms with van der Waals surface area (Å²) >= 11 is 1.19. The molecule has 2 aromatic rings. The summed E-state index contributed by atoms with van der Waals surface area (Å²) in [6.45, 7) is 6.22. The van der Waals surface area contributed by atoms with Crippen molar-refractivity contribution in [1.82, 2.24) is 19.0 Å². The van der Waals surface area contributed by atoms with Crippen molar-refractivity contribution in [2.24, 2.45) is 0 Å². The molecule has 0 atom stereocenters. The Morgan fingerprint density at radius 2 is 1.96 bits per heavy atom. The third kappa shape index (κ3) is 5.24. The maximum Gasteiger partial charge on any atom is 0.251 e. The molecule has 6 nitrogen and oxygen atoms in total. The quantitative estimate of drug-likeness (QED) is 0.822. The van der Waals surface area contributed by atoms with Gasteiger partial charge in [0.1, 0.15) is 18.1 Å². The number of nitrogens with one attached hydrogen (secondary N) is 1. The number of carbonyl (C=O) groups is 1. The number of hydrogen-bond acceptors (Lipinski definition) is 6. The van der Waals surface area contributed by atoms with Gasteiger partial charge in [0, 0.05) is 18.7 Å². The van der Waals surface area contributed by atoms with Gasteiger partial charge in [-0.1, -0.05) is 6.42 Å². The number of ether oxygens (including phenoxy) is 1. The summed E-state index contributed by atoms with van der Waals surface area (Å²) in [5, 5.41) is 2.99. The van der Waals surface area contributed by atoms with Crippen LogP contribution in [-0.4, -0.2) is 45.7 Å². The molecular formula is C18H24N4O2S. The van der Waals surface area contributed by atoms with Crippen LogP contribution in [-0.2, 0) is 6.61 Å². The van der Waals surface area contributed by atoms with Gasteiger partial charge in [-0.25, -0.2) is 0 Å². The lowest BCUT2D eigenvalue weighted by atomic mass is 10.1. The van der Waals surface area contributed by atoms with Gasteiger partial charge in [-0.3, -0.25) is 4.79 Å². The molecule has 1 aromatic carbocycles. The molecule has 0 saturated carbocycles. The van der Waals surface area contributed by atoms with Crippen LogP contribution in [0.15, 0.2) is 24.3 Å². The highest BCUT2D eigenvalue weighted by Gasteiger charge is 2.11. The zero-order valence-corrected chi connectivity index (χ0v) is 15.3. The highest BCUT2D eigenvalue weighted by atomic mass is 32.1. The zero-order valence-electron chi connectivity index (χ0n) is 14.5. The van der Waals surface area contributed by atoms with E-state index in [9.17, 15) is 4.79 Å². The number of rotatable bonds is 7. The molecule has 1 amide bonds. The van der Waals surface area contributed by atoms with Crippen LogP contribution < -0.4 is 10.1 Å². The Bertz CT molecular complexity index is 681. The summed E-state index contributed by atoms with van der Waals surface area (Å²) in [6, 6.07) is 7.21. The average molecular weight is 360 g/mol. The third-order valence-electron chi connectivity index (χ3n) is 4.40. The fraction of sp³-hybridized carbons (Fsp3) is 0.500. The van der Waals surface area contributed by atoms with Gasteiger partial charge in [-0.2, -0.15) is 8.75 Å². The number of carbonyl (C=O) groups excluding carboxylic acids is 1. The highest BCUT2D eigenvalue weighted by molar-refractivity contribution is 6.99. The van der Waals surface area contributed by atoms with Gasteiger partial charge in [0.05, 0.1) is 17.4 Å². The van der Waals surface area contributed by atoms with Crippen LogP contribution in [0.4, 0.5) is 0 Å². The molecule has 1 aliphatic rings. The van der Waals surface area contributed by atoms with E-state index >= 15 is 0 Å². The Morgan fingerprint density at radius 3 is 2.64 bits per heavy atom. The number of likely N-dealkylation sites (tertiary alicyclic amines) is 1. The second-order valence-corrected chi connectivity index (χ2v) is 6.80. The second-order valence-electron chi connectivity index (χ2n) is 6.27. The monoisotopic (exact) mass is 360 g/mol. The first kappa shape index (κ1) is 17.8. The second kappa shape index (κ2) is 8.92. The molecule has 7 heteroatoms. The smallest absolute Gasteiger partial charge is 0.251 e. The largest absolute Gasteiger partial charge is 0.487 e. The Labute approximate surface area is 152 Å². The van der Waals surface area contributed by atoms with Gasteiger partial charge in [0.15, 0.2) is 0 Å². The van der Waals surface area contributed by atoms with E-state index in [1.54, 1.807) is 12.1 Å². The van der Waals surface area contributed by atoms with Gasteiger partial charge >= 0.3 is 0 Å². The first-order valence-electron chi connectivity index (χ1n) is 8.74. The van der Waals surface area contributed by atoms with Crippen LogP contribution in [0.2, 0.25) is 0 Å². The van der Waals surface area contributed by atoms with E-state index in [-0.39, 0.29) is 5.91 Å². The first-order valence-corrected chi connectivity index (χ1v) is 9.47. The predicted octanol–water partition coefficient (Wildman–Crippen LogP) is 2.64. The van der Waals surface area contributed by atoms with Crippen molar-refractivity contribution in [3.8, 4) is 5.75 Å². The molecule has 2 heterocycles. The van der Waals surface area contributed by atoms with Crippen molar-refractivity contribution < 1.29 is 9.53 Å². The molecule has 1 N–H and O–H groups in total. The Morgan fingerprint density at radius 1 is 1.20 bits per heavy atom. The minimum Gasteiger partial charge on any atom is -0.487 e. The molecule has 25 heavy (non-hydrogen) atoms. The summed E-state index contributed by atoms with van der Waals surface area (Å²) in [7, 11) is 0. The van der Waals surface area contributed by atoms with Gasteiger partial charge in [-0.05, 0) is 57.1 Å². The molecular weight excluding hydrogens is 336 g/mol. The number of aryl methyl sites for hydroxylation is 1. The summed E-state index contributed by atoms with van der Waals surface area (Å²) in [5.41, 5.74) is 2.40. The van der Waals surface area contributed by atoms with Gasteiger partial charge in [-0.15, -0.1) is 0 Å². The van der Waals surface area contributed by atoms with E-state index in [4.69, 9.17) is 4.74 Å². The zero-order chi connectivity index (χ0) is 17.5. The highest BCUT2D eigenvalue weighted by Crippen LogP contribution is 2.15. The topological polar surface area (TPSA) is 67.3 Å². The van der Waals surface area contributed by atoms with Crippen molar-refractivity contribution in [2.45, 2.75) is 32.8 Å². The lowest BCUT2D eigenvalue weighted by Gasteiger charge is -2.26. The van der Waals surface area contributed by atoms with E-state index in [2.05, 4.69) is 19.0 Å². The fourth-order valence-electron chi connectivity index (χ4n) is 2.85. The number of aromatic nitrogens is 2. The van der Waals surface area contributed by atoms with Gasteiger partial charge in [0.2, 0.25) is 0 Å². The molecule has 134 valence electrons. The van der Waals surface area contributed by atoms with E-state index < -0.39 is 0 Å². The fourth-order valence-corrected chi connectivity index (χ4v) is 3.40. The van der Waals surface area contributed by atoms with E-state index in [0.717, 1.165) is 36.8 Å². The maximum atomic E-state index is 12.2. The van der Waals surface area contributed by atoms with Crippen molar-refractivity contribution >= 4 is 17.6 Å². The standard InChI is InChI=1S/C18H24N4O2S/c1-14-17(21-25-20-14)13-24-16-7-5-15(6-8-16)18(23)19-9-12-22-10-3-2-4-11-22/h5-8H,2-4,9-13H2,1H3,(H,19,23). The van der Waals surface area contributed by atoms with Crippen LogP contribution in [0.1, 0.15) is 41.0 Å². The lowest BCUT2D eigenvalue weighted by Crippen LogP contribution is -2.37. The molecule has 0 aliphatic carbocycles. The minimum atomic E-state index is -0.0388. The van der Waals surface area contributed by atoms with Crippen LogP contribution in [0.3, 0.4) is 0 Å². The minimum absolute atomic E-state index is 0.0388. The first-order chi connectivity index (χ1) is 12.2. The number of nitrogens with zero attached hydrogens (tertiary/aromatic N) is 3. The van der Waals surface area contributed by atoms with Crippen LogP contribution in [0, 0.1) is 6.92 Å². The molecule has 1 aliphatic heterocycles. The summed E-state index contributed by atoms with van der Waals surface area (Å²) in [6.07, 6.45) is 3.87. The summed E-state index contributed by atoms with van der Waals surface area (Å²) < 4.78 is 14.0. The van der Waals surface area contributed by atoms with Crippen LogP contribution >= 0.6 is 11.7 Å². The van der Waals surface area contributed by atoms with E-state index in [1.165, 1.54) is 31.0 Å². The summed E-state index contributed by atoms with van der Waals surface area (Å²) in [4.78, 5) is 14.6. The number of benzene rings is 1. The Balaban J connectivity index is 1.43. The summed E-state index contributed by atoms with van der Waals surface area (Å²) in [5.74, 6) is 0.681. The van der Waals surface area contributed by atoms with Crippen LogP contribution in [0.25, 0.3) is 0 Å². The molecule has 0 spiro atoms. The number of piperidine rings is 1. The maximum absolute atomic E-state index is 12.2. The molecule has 0 radical (unpaired) electrons. The number of hydrogen-bond donors (Lipinski definition) is 1. The van der Waals surface area contributed by atoms with Gasteiger partial charge < -0.3 is 15.0 Å². The molecule has 0 unspecified atom stereocenters. The van der Waals surface area contributed by atoms with E-state index in [0.29, 0.717) is 18.7 Å². The molecule has 0 bridgehead atoms. The van der Waals surface area contributed by atoms with Crippen molar-refractivity contribution in [3.05, 3.63) is 41.2 Å². The van der Waals surface area contributed by atoms with Crippen molar-refractivity contribution in [1.29, 1.82) is 0 Å². The predicted molar refractivity (Wildman–Crippen MR) is 98.0 cm³/mol. The van der Waals surface area contributed by atoms with Crippen molar-refractivity contribution in [3.63, 3.8) is 0 Å². The SMILES string of the molecule is Cc1nsnc1COc1ccc(C(=O)NCCN2CCCCC2)cc1. The Hall–Kier alpha value is -1.99. The third-order valence-corrected chi connectivity index (χ3v) is 5.06. The number of amides is 1. The molecule has 1 fully saturated rings. The molecule has 1 saturated heterocycles. The Kier molecular flexibility index (Phi) is 6.36.